The van der Waals surface area contributed by atoms with Crippen LogP contribution in [-0.4, -0.2) is 62.0 Å². The third kappa shape index (κ3) is 20.3. The van der Waals surface area contributed by atoms with E-state index in [2.05, 4.69) is 194 Å². The van der Waals surface area contributed by atoms with Gasteiger partial charge in [-0.15, -0.1) is 90.7 Å². The predicted molar refractivity (Wildman–Crippen MR) is 463 cm³/mol. The zero-order valence-electron chi connectivity index (χ0n) is 64.2. The zero-order chi connectivity index (χ0) is 72.3. The lowest BCUT2D eigenvalue weighted by Crippen LogP contribution is -2.52. The molecule has 100 heavy (non-hydrogen) atoms. The Kier molecular flexibility index (Phi) is 27.3. The van der Waals surface area contributed by atoms with E-state index in [4.69, 9.17) is 16.5 Å². The van der Waals surface area contributed by atoms with Crippen molar-refractivity contribution in [2.45, 2.75) is 274 Å². The van der Waals surface area contributed by atoms with E-state index in [1.807, 2.05) is 45.3 Å². The number of rotatable bonds is 39. The van der Waals surface area contributed by atoms with Crippen LogP contribution in [0.1, 0.15) is 192 Å². The highest BCUT2D eigenvalue weighted by molar-refractivity contribution is 7.31. The van der Waals surface area contributed by atoms with Gasteiger partial charge in [-0.1, -0.05) is 118 Å². The minimum Gasteiger partial charge on any atom is -0.437 e. The summed E-state index contributed by atoms with van der Waals surface area (Å²) in [5.41, 5.74) is 5.45. The van der Waals surface area contributed by atoms with Crippen molar-refractivity contribution in [3.8, 4) is 50.1 Å². The van der Waals surface area contributed by atoms with Crippen molar-refractivity contribution in [1.29, 1.82) is 0 Å². The van der Waals surface area contributed by atoms with Gasteiger partial charge >= 0.3 is 17.1 Å². The first-order chi connectivity index (χ1) is 47.2. The molecule has 0 fully saturated rings. The van der Waals surface area contributed by atoms with Crippen molar-refractivity contribution in [2.75, 3.05) is 0 Å². The highest BCUT2D eigenvalue weighted by Crippen LogP contribution is 2.56. The molecule has 0 amide bonds. The summed E-state index contributed by atoms with van der Waals surface area (Å²) in [5, 5.41) is 2.68. The molecule has 0 saturated heterocycles. The standard InChI is InChI=1S/C80H116O6S8Si6/c1-21-25-35-55(23-3)50-67-71-72(68(92-67)51-56(24-4)36-26-22-2)76(82)74-73(75(71)81)79(64-42-39-53(5)87-64)94-80(74)65-46-45-61(91-65)66-52-60-70(63-44-41-58(90-63)38-32-28-30-34-48-100(20,85-97(13,14)15)86-98(16,17)18)77-59(49-54(6)88-77)69(78(60)93-66)62-43-40-57(89-62)37-31-27-29-33-47-99(19,83-95(7,8)9)84-96(10,11)12/h39-46,49,52,55-56H,21-38,47-48,50-51H2,1-20H3. The Bertz CT molecular complexity index is 4070. The molecule has 20 heteroatoms. The topological polar surface area (TPSA) is 71.1 Å². The van der Waals surface area contributed by atoms with Crippen LogP contribution >= 0.6 is 90.7 Å². The van der Waals surface area contributed by atoms with Crippen LogP contribution in [0.5, 0.6) is 0 Å². The first kappa shape index (κ1) is 80.4. The van der Waals surface area contributed by atoms with Crippen molar-refractivity contribution < 1.29 is 26.0 Å². The van der Waals surface area contributed by atoms with Gasteiger partial charge in [0, 0.05) is 101 Å². The molecular formula is C80H116O6S8Si6. The van der Waals surface area contributed by atoms with Crippen LogP contribution < -0.4 is 0 Å². The minimum atomic E-state index is -2.25. The summed E-state index contributed by atoms with van der Waals surface area (Å²) in [4.78, 5) is 48.9. The number of benzene rings is 1. The Morgan fingerprint density at radius 3 is 1.20 bits per heavy atom. The molecule has 9 aromatic rings. The molecule has 1 aliphatic rings. The minimum absolute atomic E-state index is 0.0619. The highest BCUT2D eigenvalue weighted by atomic mass is 32.1. The second-order valence-corrected chi connectivity index (χ2v) is 67.8. The molecule has 544 valence electrons. The summed E-state index contributed by atoms with van der Waals surface area (Å²) in [7, 11) is -11.5. The number of carbonyl (C=O) groups is 2. The van der Waals surface area contributed by atoms with Crippen LogP contribution in [0.4, 0.5) is 0 Å². The van der Waals surface area contributed by atoms with E-state index in [1.54, 1.807) is 45.3 Å². The number of fused-ring (bicyclic) bond motifs is 4. The Labute approximate surface area is 640 Å². The molecule has 1 aromatic carbocycles. The largest absolute Gasteiger partial charge is 0.437 e. The molecular weight excluding hydrogens is 1480 g/mol. The number of carbonyl (C=O) groups excluding carboxylic acids is 2. The zero-order valence-corrected chi connectivity index (χ0v) is 76.7. The molecule has 2 unspecified atom stereocenters. The lowest BCUT2D eigenvalue weighted by atomic mass is 9.81. The monoisotopic (exact) mass is 1600 g/mol. The number of aryl methyl sites for hydroxylation is 4. The number of hydrogen-bond acceptors (Lipinski definition) is 14. The Morgan fingerprint density at radius 1 is 0.360 bits per heavy atom. The van der Waals surface area contributed by atoms with E-state index < -0.39 is 50.4 Å². The van der Waals surface area contributed by atoms with Crippen LogP contribution in [0, 0.1) is 25.7 Å². The second kappa shape index (κ2) is 33.9. The Morgan fingerprint density at radius 2 is 0.770 bits per heavy atom. The third-order valence-corrected chi connectivity index (χ3v) is 47.9. The summed E-state index contributed by atoms with van der Waals surface area (Å²) in [5.74, 6) is 1.08. The molecule has 0 saturated carbocycles. The van der Waals surface area contributed by atoms with Crippen LogP contribution in [-0.2, 0) is 42.1 Å². The van der Waals surface area contributed by atoms with Gasteiger partial charge in [-0.25, -0.2) is 0 Å². The average Bonchev–Trinajstić information content (AvgIpc) is 1.56. The maximum atomic E-state index is 16.1. The summed E-state index contributed by atoms with van der Waals surface area (Å²) in [6.45, 7) is 46.0. The molecule has 6 nitrogen and oxygen atoms in total. The Balaban J connectivity index is 1.00. The number of hydrogen-bond donors (Lipinski definition) is 0. The van der Waals surface area contributed by atoms with Gasteiger partial charge in [-0.2, -0.15) is 0 Å². The number of unbranched alkanes of at least 4 members (excludes halogenated alkanes) is 8. The Hall–Kier alpha value is -2.18. The van der Waals surface area contributed by atoms with Gasteiger partial charge in [-0.3, -0.25) is 9.59 Å². The SMILES string of the molecule is CCCCC(CC)Cc1sc(CC(CC)CCCC)c2c1C(=O)c1c(-c3ccc(C)s3)sc(-c3ccc(-c4cc5c(-c6ccc(CCCCCC[Si](C)(O[Si](C)(C)C)O[Si](C)(C)C)s6)c6sc(C)cc6c(-c6ccc(CCCCCC[Si](C)(O[Si](C)(C)C)O[Si](C)(C)C)s6)c5s4)s3)c1C2=O. The molecule has 2 atom stereocenters. The summed E-state index contributed by atoms with van der Waals surface area (Å²) < 4.78 is 30.2. The van der Waals surface area contributed by atoms with Crippen LogP contribution in [0.25, 0.3) is 70.3 Å². The molecule has 1 aliphatic carbocycles. The third-order valence-electron chi connectivity index (χ3n) is 19.0. The maximum absolute atomic E-state index is 16.1. The van der Waals surface area contributed by atoms with Gasteiger partial charge in [0.25, 0.3) is 0 Å². The van der Waals surface area contributed by atoms with E-state index in [1.165, 1.54) is 122 Å². The quantitative estimate of drug-likeness (QED) is 0.0282. The molecule has 0 N–H and O–H groups in total. The fraction of sp³-hybridized carbons (Fsp3) is 0.550. The lowest BCUT2D eigenvalue weighted by molar-refractivity contribution is 0.0980. The highest BCUT2D eigenvalue weighted by Gasteiger charge is 2.44. The molecule has 0 spiro atoms. The van der Waals surface area contributed by atoms with Gasteiger partial charge < -0.3 is 16.5 Å². The molecule has 8 aromatic heterocycles. The van der Waals surface area contributed by atoms with Crippen molar-refractivity contribution in [3.63, 3.8) is 0 Å². The summed E-state index contributed by atoms with van der Waals surface area (Å²) >= 11 is 14.9. The van der Waals surface area contributed by atoms with Gasteiger partial charge in [0.15, 0.2) is 44.8 Å². The van der Waals surface area contributed by atoms with Crippen molar-refractivity contribution >= 4 is 173 Å². The fourth-order valence-electron chi connectivity index (χ4n) is 15.1. The predicted octanol–water partition coefficient (Wildman–Crippen LogP) is 29.5. The normalized spacial score (nSPS) is 14.2. The fourth-order valence-corrected chi connectivity index (χ4v) is 50.1. The van der Waals surface area contributed by atoms with Gasteiger partial charge in [0.2, 0.25) is 0 Å². The van der Waals surface area contributed by atoms with Crippen molar-refractivity contribution in [2.24, 2.45) is 11.8 Å². The van der Waals surface area contributed by atoms with Crippen molar-refractivity contribution in [1.82, 2.24) is 0 Å². The lowest BCUT2D eigenvalue weighted by Gasteiger charge is -2.38. The molecule has 0 radical (unpaired) electrons. The summed E-state index contributed by atoms with van der Waals surface area (Å²) in [6, 6.07) is 25.7. The van der Waals surface area contributed by atoms with Crippen LogP contribution in [0.3, 0.4) is 0 Å². The first-order valence-electron chi connectivity index (χ1n) is 37.8. The second-order valence-electron chi connectivity index (χ2n) is 32.9. The summed E-state index contributed by atoms with van der Waals surface area (Å²) in [6.07, 6.45) is 22.4. The van der Waals surface area contributed by atoms with E-state index >= 15 is 9.59 Å². The molecule has 10 rings (SSSR count). The van der Waals surface area contributed by atoms with Crippen LogP contribution in [0.2, 0.25) is 104 Å². The van der Waals surface area contributed by atoms with Crippen LogP contribution in [0.15, 0.2) is 60.7 Å². The van der Waals surface area contributed by atoms with Gasteiger partial charge in [0.1, 0.15) is 0 Å². The van der Waals surface area contributed by atoms with Gasteiger partial charge in [-0.05, 0) is 229 Å². The smallest absolute Gasteiger partial charge is 0.314 e. The van der Waals surface area contributed by atoms with E-state index in [0.29, 0.717) is 23.0 Å². The number of ketones is 2. The average molecular weight is 1600 g/mol. The van der Waals surface area contributed by atoms with Gasteiger partial charge in [0.05, 0.1) is 20.9 Å². The molecule has 8 heterocycles. The molecule has 0 bridgehead atoms. The van der Waals surface area contributed by atoms with E-state index in [-0.39, 0.29) is 11.6 Å². The maximum Gasteiger partial charge on any atom is 0.314 e. The molecule has 0 aliphatic heterocycles. The first-order valence-corrected chi connectivity index (χ1v) is 63.0. The number of thiophene rings is 8. The van der Waals surface area contributed by atoms with Crippen molar-refractivity contribution in [3.05, 3.63) is 112 Å². The van der Waals surface area contributed by atoms with E-state index in [9.17, 15) is 0 Å². The van der Waals surface area contributed by atoms with E-state index in [0.717, 1.165) is 130 Å².